The maximum Gasteiger partial charge on any atom is 0.319 e. The quantitative estimate of drug-likeness (QED) is 0.722. The minimum atomic E-state index is -0.654. The number of methoxy groups -OCH3 is 2. The lowest BCUT2D eigenvalue weighted by atomic mass is 9.94. The molecule has 144 valence electrons. The van der Waals surface area contributed by atoms with Gasteiger partial charge in [0, 0.05) is 18.3 Å². The number of rotatable bonds is 6. The minimum absolute atomic E-state index is 0.175. The van der Waals surface area contributed by atoms with E-state index < -0.39 is 5.54 Å². The molecule has 0 bridgehead atoms. The molecule has 0 aliphatic carbocycles. The second kappa shape index (κ2) is 8.44. The number of benzene rings is 2. The van der Waals surface area contributed by atoms with E-state index in [-0.39, 0.29) is 11.9 Å². The Balaban J connectivity index is 2.11. The van der Waals surface area contributed by atoms with Crippen molar-refractivity contribution in [3.8, 4) is 11.5 Å². The molecule has 0 unspecified atom stereocenters. The van der Waals surface area contributed by atoms with Gasteiger partial charge < -0.3 is 25.4 Å². The monoisotopic (exact) mass is 371 g/mol. The molecule has 27 heavy (non-hydrogen) atoms. The third-order valence-corrected chi connectivity index (χ3v) is 3.97. The van der Waals surface area contributed by atoms with Crippen LogP contribution in [0, 0.1) is 0 Å². The molecule has 0 aromatic heterocycles. The van der Waals surface area contributed by atoms with Gasteiger partial charge in [0.2, 0.25) is 5.91 Å². The summed E-state index contributed by atoms with van der Waals surface area (Å²) < 4.78 is 10.6. The highest BCUT2D eigenvalue weighted by Crippen LogP contribution is 2.32. The average Bonchev–Trinajstić information content (AvgIpc) is 2.60. The third kappa shape index (κ3) is 5.37. The maximum absolute atomic E-state index is 12.4. The molecule has 0 saturated heterocycles. The normalized spacial score (nSPS) is 10.7. The SMILES string of the molecule is COc1ccc(C(C)(C)NC(=O)Nc2cccc(NC(C)=O)c2)cc1OC. The van der Waals surface area contributed by atoms with Crippen LogP contribution in [0.15, 0.2) is 42.5 Å². The van der Waals surface area contributed by atoms with Crippen LogP contribution in [-0.2, 0) is 10.3 Å². The Morgan fingerprint density at radius 1 is 0.889 bits per heavy atom. The van der Waals surface area contributed by atoms with Gasteiger partial charge in [0.15, 0.2) is 11.5 Å². The Bertz CT molecular complexity index is 834. The number of hydrogen-bond acceptors (Lipinski definition) is 4. The number of nitrogens with one attached hydrogen (secondary N) is 3. The van der Waals surface area contributed by atoms with E-state index in [0.717, 1.165) is 5.56 Å². The summed E-state index contributed by atoms with van der Waals surface area (Å²) in [6.45, 7) is 5.21. The van der Waals surface area contributed by atoms with Gasteiger partial charge in [-0.25, -0.2) is 4.79 Å². The summed E-state index contributed by atoms with van der Waals surface area (Å²) in [6, 6.07) is 12.1. The zero-order valence-corrected chi connectivity index (χ0v) is 16.2. The predicted octanol–water partition coefficient (Wildman–Crippen LogP) is 3.72. The molecule has 3 N–H and O–H groups in total. The lowest BCUT2D eigenvalue weighted by Crippen LogP contribution is -2.43. The highest BCUT2D eigenvalue weighted by atomic mass is 16.5. The first-order valence-electron chi connectivity index (χ1n) is 8.44. The van der Waals surface area contributed by atoms with E-state index in [4.69, 9.17) is 9.47 Å². The van der Waals surface area contributed by atoms with E-state index >= 15 is 0 Å². The molecule has 0 atom stereocenters. The van der Waals surface area contributed by atoms with Gasteiger partial charge >= 0.3 is 6.03 Å². The fraction of sp³-hybridized carbons (Fsp3) is 0.300. The van der Waals surface area contributed by atoms with Crippen molar-refractivity contribution in [3.63, 3.8) is 0 Å². The van der Waals surface area contributed by atoms with Crippen molar-refractivity contribution in [3.05, 3.63) is 48.0 Å². The molecule has 0 saturated carbocycles. The number of carbonyl (C=O) groups excluding carboxylic acids is 2. The Morgan fingerprint density at radius 2 is 1.52 bits per heavy atom. The van der Waals surface area contributed by atoms with E-state index in [1.807, 2.05) is 26.0 Å². The molecule has 2 rings (SSSR count). The van der Waals surface area contributed by atoms with Crippen molar-refractivity contribution < 1.29 is 19.1 Å². The number of amides is 3. The standard InChI is InChI=1S/C20H25N3O4/c1-13(24)21-15-7-6-8-16(12-15)22-19(25)23-20(2,3)14-9-10-17(26-4)18(11-14)27-5/h6-12H,1-5H3,(H,21,24)(H2,22,23,25). The molecule has 2 aromatic carbocycles. The average molecular weight is 371 g/mol. The first kappa shape index (κ1) is 20.1. The molecule has 7 nitrogen and oxygen atoms in total. The van der Waals surface area contributed by atoms with Crippen molar-refractivity contribution >= 4 is 23.3 Å². The molecule has 0 aliphatic rings. The second-order valence-electron chi connectivity index (χ2n) is 6.54. The van der Waals surface area contributed by atoms with Crippen LogP contribution in [0.2, 0.25) is 0 Å². The van der Waals surface area contributed by atoms with Crippen LogP contribution < -0.4 is 25.4 Å². The van der Waals surface area contributed by atoms with Crippen LogP contribution in [0.3, 0.4) is 0 Å². The van der Waals surface area contributed by atoms with E-state index in [1.54, 1.807) is 44.6 Å². The van der Waals surface area contributed by atoms with E-state index in [1.165, 1.54) is 6.92 Å². The molecule has 3 amide bonds. The molecular weight excluding hydrogens is 346 g/mol. The summed E-state index contributed by atoms with van der Waals surface area (Å²) in [5, 5.41) is 8.39. The highest BCUT2D eigenvalue weighted by molar-refractivity contribution is 5.92. The van der Waals surface area contributed by atoms with Gasteiger partial charge in [-0.15, -0.1) is 0 Å². The summed E-state index contributed by atoms with van der Waals surface area (Å²) in [4.78, 5) is 23.6. The van der Waals surface area contributed by atoms with Gasteiger partial charge in [-0.3, -0.25) is 4.79 Å². The topological polar surface area (TPSA) is 88.7 Å². The fourth-order valence-corrected chi connectivity index (χ4v) is 2.62. The molecule has 0 radical (unpaired) electrons. The van der Waals surface area contributed by atoms with Crippen LogP contribution in [0.4, 0.5) is 16.2 Å². The Hall–Kier alpha value is -3.22. The van der Waals surface area contributed by atoms with Crippen LogP contribution in [0.25, 0.3) is 0 Å². The molecule has 0 heterocycles. The first-order chi connectivity index (χ1) is 12.7. The zero-order chi connectivity index (χ0) is 20.0. The molecule has 0 aliphatic heterocycles. The smallest absolute Gasteiger partial charge is 0.319 e. The molecular formula is C20H25N3O4. The van der Waals surface area contributed by atoms with Crippen LogP contribution >= 0.6 is 0 Å². The number of ether oxygens (including phenoxy) is 2. The van der Waals surface area contributed by atoms with Gasteiger partial charge in [0.05, 0.1) is 19.8 Å². The second-order valence-corrected chi connectivity index (χ2v) is 6.54. The number of anilines is 2. The van der Waals surface area contributed by atoms with Gasteiger partial charge in [-0.1, -0.05) is 12.1 Å². The van der Waals surface area contributed by atoms with Gasteiger partial charge in [-0.2, -0.15) is 0 Å². The summed E-state index contributed by atoms with van der Waals surface area (Å²) in [5.74, 6) is 1.04. The van der Waals surface area contributed by atoms with E-state index in [2.05, 4.69) is 16.0 Å². The summed E-state index contributed by atoms with van der Waals surface area (Å²) in [5.41, 5.74) is 1.39. The zero-order valence-electron chi connectivity index (χ0n) is 16.2. The van der Waals surface area contributed by atoms with Crippen molar-refractivity contribution in [1.29, 1.82) is 0 Å². The van der Waals surface area contributed by atoms with E-state index in [9.17, 15) is 9.59 Å². The van der Waals surface area contributed by atoms with Crippen LogP contribution in [0.1, 0.15) is 26.3 Å². The van der Waals surface area contributed by atoms with Gasteiger partial charge in [0.25, 0.3) is 0 Å². The number of urea groups is 1. The maximum atomic E-state index is 12.4. The Kier molecular flexibility index (Phi) is 6.28. The van der Waals surface area contributed by atoms with Crippen molar-refractivity contribution in [2.24, 2.45) is 0 Å². The first-order valence-corrected chi connectivity index (χ1v) is 8.44. The van der Waals surface area contributed by atoms with Crippen LogP contribution in [-0.4, -0.2) is 26.2 Å². The van der Waals surface area contributed by atoms with Gasteiger partial charge in [-0.05, 0) is 49.7 Å². The predicted molar refractivity (Wildman–Crippen MR) is 105 cm³/mol. The van der Waals surface area contributed by atoms with Crippen molar-refractivity contribution in [1.82, 2.24) is 5.32 Å². The fourth-order valence-electron chi connectivity index (χ4n) is 2.62. The third-order valence-electron chi connectivity index (χ3n) is 3.97. The van der Waals surface area contributed by atoms with Crippen molar-refractivity contribution in [2.45, 2.75) is 26.3 Å². The van der Waals surface area contributed by atoms with Crippen LogP contribution in [0.5, 0.6) is 11.5 Å². The largest absolute Gasteiger partial charge is 0.493 e. The highest BCUT2D eigenvalue weighted by Gasteiger charge is 2.24. The molecule has 2 aromatic rings. The molecule has 0 fully saturated rings. The van der Waals surface area contributed by atoms with Crippen molar-refractivity contribution in [2.75, 3.05) is 24.9 Å². The molecule has 7 heteroatoms. The summed E-state index contributed by atoms with van der Waals surface area (Å²) in [7, 11) is 3.14. The lowest BCUT2D eigenvalue weighted by molar-refractivity contribution is -0.114. The molecule has 0 spiro atoms. The number of hydrogen-bond donors (Lipinski definition) is 3. The lowest BCUT2D eigenvalue weighted by Gasteiger charge is -2.27. The number of carbonyl (C=O) groups is 2. The minimum Gasteiger partial charge on any atom is -0.493 e. The van der Waals surface area contributed by atoms with Gasteiger partial charge in [0.1, 0.15) is 0 Å². The van der Waals surface area contributed by atoms with E-state index in [0.29, 0.717) is 22.9 Å². The summed E-state index contributed by atoms with van der Waals surface area (Å²) in [6.07, 6.45) is 0. The Labute approximate surface area is 159 Å². The Morgan fingerprint density at radius 3 is 2.11 bits per heavy atom. The summed E-state index contributed by atoms with van der Waals surface area (Å²) >= 11 is 0.